The van der Waals surface area contributed by atoms with Gasteiger partial charge in [-0.25, -0.2) is 0 Å². The van der Waals surface area contributed by atoms with Crippen LogP contribution in [0.5, 0.6) is 0 Å². The lowest BCUT2D eigenvalue weighted by atomic mass is 9.68. The maximum Gasteiger partial charge on any atom is 0.276 e. The average molecular weight is 332 g/mol. The smallest absolute Gasteiger partial charge is 0.276 e. The van der Waals surface area contributed by atoms with Crippen LogP contribution in [-0.2, 0) is 4.79 Å². The first-order valence-corrected chi connectivity index (χ1v) is 7.48. The van der Waals surface area contributed by atoms with Crippen LogP contribution < -0.4 is 5.43 Å². The van der Waals surface area contributed by atoms with Gasteiger partial charge in [-0.3, -0.25) is 25.0 Å². The number of carbonyl (C=O) groups is 1. The van der Waals surface area contributed by atoms with Crippen molar-refractivity contribution in [2.75, 3.05) is 0 Å². The lowest BCUT2D eigenvalue weighted by molar-refractivity contribution is -0.394. The molecule has 0 amide bonds. The van der Waals surface area contributed by atoms with Crippen molar-refractivity contribution in [3.05, 3.63) is 44.0 Å². The minimum Gasteiger partial charge on any atom is -0.306 e. The standard InChI is InChI=1S/C15H16N4O5/c1-15(2)6-11-13(12(20)7-15)14(17-16-11)8-3-9(18(21)22)5-10(4-8)19(23)24/h3-5,11,13,16H,6-7H2,1-2H3/t11-,13-/m0/s1. The lowest BCUT2D eigenvalue weighted by Gasteiger charge is -2.36. The van der Waals surface area contributed by atoms with Crippen molar-refractivity contribution in [2.24, 2.45) is 16.4 Å². The van der Waals surface area contributed by atoms with Crippen molar-refractivity contribution in [2.45, 2.75) is 32.7 Å². The van der Waals surface area contributed by atoms with Gasteiger partial charge in [0.05, 0.1) is 33.6 Å². The number of Topliss-reactive ketones (excluding diaryl/α,β-unsaturated/α-hetero) is 1. The maximum atomic E-state index is 12.5. The van der Waals surface area contributed by atoms with E-state index in [4.69, 9.17) is 0 Å². The SMILES string of the molecule is CC1(C)CC(=O)[C@H]2C(c3cc([N+](=O)[O-])cc([N+](=O)[O-])c3)=NN[C@H]2C1. The molecule has 0 unspecified atom stereocenters. The fourth-order valence-electron chi connectivity index (χ4n) is 3.47. The summed E-state index contributed by atoms with van der Waals surface area (Å²) < 4.78 is 0. The molecule has 9 heteroatoms. The Morgan fingerprint density at radius 3 is 2.29 bits per heavy atom. The van der Waals surface area contributed by atoms with Crippen molar-refractivity contribution < 1.29 is 14.6 Å². The summed E-state index contributed by atoms with van der Waals surface area (Å²) in [6, 6.07) is 3.16. The van der Waals surface area contributed by atoms with E-state index in [2.05, 4.69) is 10.5 Å². The molecule has 2 atom stereocenters. The first kappa shape index (κ1) is 16.0. The van der Waals surface area contributed by atoms with Crippen molar-refractivity contribution in [3.63, 3.8) is 0 Å². The summed E-state index contributed by atoms with van der Waals surface area (Å²) >= 11 is 0. The quantitative estimate of drug-likeness (QED) is 0.667. The molecular formula is C15H16N4O5. The van der Waals surface area contributed by atoms with Crippen LogP contribution in [0.25, 0.3) is 0 Å². The number of hydrogen-bond donors (Lipinski definition) is 1. The minimum absolute atomic E-state index is 0.00541. The zero-order valence-electron chi connectivity index (χ0n) is 13.2. The summed E-state index contributed by atoms with van der Waals surface area (Å²) in [5.74, 6) is -0.534. The van der Waals surface area contributed by atoms with Gasteiger partial charge in [0.25, 0.3) is 11.4 Å². The molecular weight excluding hydrogens is 316 g/mol. The Kier molecular flexibility index (Phi) is 3.58. The van der Waals surface area contributed by atoms with E-state index in [0.29, 0.717) is 12.1 Å². The highest BCUT2D eigenvalue weighted by Gasteiger charge is 2.46. The van der Waals surface area contributed by atoms with Crippen LogP contribution in [0.3, 0.4) is 0 Å². The molecule has 1 aromatic carbocycles. The van der Waals surface area contributed by atoms with Gasteiger partial charge in [-0.1, -0.05) is 13.8 Å². The van der Waals surface area contributed by atoms with E-state index in [1.165, 1.54) is 12.1 Å². The molecule has 1 fully saturated rings. The summed E-state index contributed by atoms with van der Waals surface area (Å²) in [5.41, 5.74) is 2.56. The van der Waals surface area contributed by atoms with Gasteiger partial charge in [0.1, 0.15) is 5.78 Å². The van der Waals surface area contributed by atoms with E-state index in [-0.39, 0.29) is 22.8 Å². The highest BCUT2D eigenvalue weighted by Crippen LogP contribution is 2.40. The second kappa shape index (κ2) is 5.36. The van der Waals surface area contributed by atoms with Gasteiger partial charge in [0, 0.05) is 24.1 Å². The van der Waals surface area contributed by atoms with Crippen molar-refractivity contribution in [1.29, 1.82) is 0 Å². The van der Waals surface area contributed by atoms with E-state index in [9.17, 15) is 25.0 Å². The molecule has 0 saturated heterocycles. The molecule has 9 nitrogen and oxygen atoms in total. The molecule has 1 heterocycles. The van der Waals surface area contributed by atoms with Gasteiger partial charge >= 0.3 is 0 Å². The topological polar surface area (TPSA) is 128 Å². The normalized spacial score (nSPS) is 24.8. The number of nitrogens with zero attached hydrogens (tertiary/aromatic N) is 3. The number of rotatable bonds is 3. The number of hydrogen-bond acceptors (Lipinski definition) is 7. The predicted octanol–water partition coefficient (Wildman–Crippen LogP) is 2.18. The molecule has 0 bridgehead atoms. The summed E-state index contributed by atoms with van der Waals surface area (Å²) in [6.45, 7) is 4.00. The number of fused-ring (bicyclic) bond motifs is 1. The Morgan fingerprint density at radius 2 is 1.75 bits per heavy atom. The number of carbonyl (C=O) groups excluding carboxylic acids is 1. The number of nitrogens with one attached hydrogen (secondary N) is 1. The van der Waals surface area contributed by atoms with Crippen molar-refractivity contribution in [1.82, 2.24) is 5.43 Å². The van der Waals surface area contributed by atoms with Gasteiger partial charge in [-0.15, -0.1) is 0 Å². The Morgan fingerprint density at radius 1 is 1.17 bits per heavy atom. The molecule has 1 N–H and O–H groups in total. The number of hydrazone groups is 1. The van der Waals surface area contributed by atoms with Gasteiger partial charge in [0.15, 0.2) is 0 Å². The van der Waals surface area contributed by atoms with Crippen LogP contribution in [0.4, 0.5) is 11.4 Å². The van der Waals surface area contributed by atoms with Crippen LogP contribution >= 0.6 is 0 Å². The monoisotopic (exact) mass is 332 g/mol. The summed E-state index contributed by atoms with van der Waals surface area (Å²) in [4.78, 5) is 33.2. The highest BCUT2D eigenvalue weighted by molar-refractivity contribution is 6.16. The molecule has 3 rings (SSSR count). The van der Waals surface area contributed by atoms with Gasteiger partial charge < -0.3 is 5.43 Å². The van der Waals surface area contributed by atoms with Crippen LogP contribution in [0.1, 0.15) is 32.3 Å². The molecule has 0 aromatic heterocycles. The molecule has 0 radical (unpaired) electrons. The van der Waals surface area contributed by atoms with Gasteiger partial charge in [0.2, 0.25) is 0 Å². The third-order valence-electron chi connectivity index (χ3n) is 4.44. The van der Waals surface area contributed by atoms with Crippen LogP contribution in [0, 0.1) is 31.6 Å². The fraction of sp³-hybridized carbons (Fsp3) is 0.467. The number of benzene rings is 1. The van der Waals surface area contributed by atoms with E-state index >= 15 is 0 Å². The Hall–Kier alpha value is -2.84. The van der Waals surface area contributed by atoms with E-state index in [1.54, 1.807) is 0 Å². The first-order chi connectivity index (χ1) is 11.2. The number of non-ortho nitro benzene ring substituents is 2. The summed E-state index contributed by atoms with van der Waals surface area (Å²) in [7, 11) is 0. The lowest BCUT2D eigenvalue weighted by Crippen LogP contribution is -2.45. The van der Waals surface area contributed by atoms with Crippen molar-refractivity contribution in [3.8, 4) is 0 Å². The van der Waals surface area contributed by atoms with E-state index < -0.39 is 27.1 Å². The first-order valence-electron chi connectivity index (χ1n) is 7.48. The zero-order chi connectivity index (χ0) is 17.6. The zero-order valence-corrected chi connectivity index (χ0v) is 13.2. The van der Waals surface area contributed by atoms with Crippen LogP contribution in [0.15, 0.2) is 23.3 Å². The molecule has 2 aliphatic rings. The minimum atomic E-state index is -0.692. The second-order valence-electron chi connectivity index (χ2n) is 6.97. The Labute approximate surface area is 137 Å². The van der Waals surface area contributed by atoms with Crippen LogP contribution in [-0.4, -0.2) is 27.4 Å². The van der Waals surface area contributed by atoms with Gasteiger partial charge in [-0.2, -0.15) is 5.10 Å². The molecule has 24 heavy (non-hydrogen) atoms. The summed E-state index contributed by atoms with van der Waals surface area (Å²) in [6.07, 6.45) is 1.11. The molecule has 0 spiro atoms. The maximum absolute atomic E-state index is 12.5. The third kappa shape index (κ3) is 2.72. The molecule has 1 saturated carbocycles. The van der Waals surface area contributed by atoms with Crippen LogP contribution in [0.2, 0.25) is 0 Å². The molecule has 1 aromatic rings. The molecule has 1 aliphatic carbocycles. The predicted molar refractivity (Wildman–Crippen MR) is 84.7 cm³/mol. The Bertz CT molecular complexity index is 754. The van der Waals surface area contributed by atoms with Gasteiger partial charge in [-0.05, 0) is 11.8 Å². The Balaban J connectivity index is 2.02. The highest BCUT2D eigenvalue weighted by atomic mass is 16.6. The number of nitro groups is 2. The summed E-state index contributed by atoms with van der Waals surface area (Å²) in [5, 5.41) is 26.2. The van der Waals surface area contributed by atoms with E-state index in [1.807, 2.05) is 13.8 Å². The van der Waals surface area contributed by atoms with E-state index in [0.717, 1.165) is 12.5 Å². The number of ketones is 1. The fourth-order valence-corrected chi connectivity index (χ4v) is 3.47. The number of nitro benzene ring substituents is 2. The van der Waals surface area contributed by atoms with Crippen molar-refractivity contribution >= 4 is 22.9 Å². The second-order valence-corrected chi connectivity index (χ2v) is 6.97. The molecule has 1 aliphatic heterocycles. The largest absolute Gasteiger partial charge is 0.306 e. The molecule has 126 valence electrons. The average Bonchev–Trinajstić information content (AvgIpc) is 2.89. The third-order valence-corrected chi connectivity index (χ3v) is 4.44.